The topological polar surface area (TPSA) is 60.7 Å². The highest BCUT2D eigenvalue weighted by Crippen LogP contribution is 2.41. The Kier molecular flexibility index (Phi) is 4.85. The molecule has 0 saturated heterocycles. The number of benzene rings is 1. The Hall–Kier alpha value is -1.55. The Morgan fingerprint density at radius 2 is 1.52 bits per heavy atom. The van der Waals surface area contributed by atoms with Crippen molar-refractivity contribution in [3.8, 4) is 0 Å². The van der Waals surface area contributed by atoms with Crippen LogP contribution in [-0.2, 0) is 0 Å². The largest absolute Gasteiger partial charge is 0.323 e. The van der Waals surface area contributed by atoms with Crippen LogP contribution in [0.15, 0.2) is 23.0 Å². The standard InChI is InChI=1S/C23H33N3O/c27-23-25-21-12-8-18(14-22(21)26-23)16-5-9-19(10-6-16)24-20-11-7-15-3-1-2-4-17(15)13-20/h8,12,14-17,19-20,24H,1-7,9-11,13H2,(H2,25,26,27). The summed E-state index contributed by atoms with van der Waals surface area (Å²) < 4.78 is 0. The van der Waals surface area contributed by atoms with Gasteiger partial charge in [0.25, 0.3) is 0 Å². The SMILES string of the molecule is O=c1[nH]c2ccc(C3CCC(NC4CCC5CCCCC5C4)CC3)cc2[nH]1. The van der Waals surface area contributed by atoms with E-state index in [4.69, 9.17) is 0 Å². The molecule has 1 aromatic heterocycles. The van der Waals surface area contributed by atoms with Gasteiger partial charge in [-0.15, -0.1) is 0 Å². The predicted octanol–water partition coefficient (Wildman–Crippen LogP) is 4.83. The van der Waals surface area contributed by atoms with E-state index in [9.17, 15) is 4.79 Å². The van der Waals surface area contributed by atoms with Gasteiger partial charge < -0.3 is 15.3 Å². The van der Waals surface area contributed by atoms with Crippen LogP contribution in [0.2, 0.25) is 0 Å². The van der Waals surface area contributed by atoms with Crippen molar-refractivity contribution in [3.05, 3.63) is 34.2 Å². The molecule has 3 saturated carbocycles. The van der Waals surface area contributed by atoms with Crippen LogP contribution >= 0.6 is 0 Å². The summed E-state index contributed by atoms with van der Waals surface area (Å²) in [5, 5.41) is 4.04. The van der Waals surface area contributed by atoms with Gasteiger partial charge in [0, 0.05) is 12.1 Å². The maximum atomic E-state index is 11.5. The molecular formula is C23H33N3O. The second-order valence-electron chi connectivity index (χ2n) is 9.41. The molecule has 0 aliphatic heterocycles. The lowest BCUT2D eigenvalue weighted by Gasteiger charge is -2.41. The molecule has 3 aliphatic carbocycles. The molecule has 4 heteroatoms. The van der Waals surface area contributed by atoms with Crippen molar-refractivity contribution in [3.63, 3.8) is 0 Å². The van der Waals surface area contributed by atoms with E-state index in [-0.39, 0.29) is 5.69 Å². The lowest BCUT2D eigenvalue weighted by molar-refractivity contribution is 0.134. The molecule has 3 N–H and O–H groups in total. The fourth-order valence-electron chi connectivity index (χ4n) is 6.26. The van der Waals surface area contributed by atoms with Crippen LogP contribution < -0.4 is 11.0 Å². The van der Waals surface area contributed by atoms with Gasteiger partial charge in [-0.05, 0) is 80.4 Å². The fraction of sp³-hybridized carbons (Fsp3) is 0.696. The van der Waals surface area contributed by atoms with Gasteiger partial charge in [-0.2, -0.15) is 0 Å². The minimum atomic E-state index is -0.109. The average Bonchev–Trinajstić information content (AvgIpc) is 3.08. The molecular weight excluding hydrogens is 334 g/mol. The van der Waals surface area contributed by atoms with Gasteiger partial charge in [0.2, 0.25) is 0 Å². The number of aromatic amines is 2. The number of rotatable bonds is 3. The first-order chi connectivity index (χ1) is 13.2. The van der Waals surface area contributed by atoms with Gasteiger partial charge in [0.05, 0.1) is 11.0 Å². The second-order valence-corrected chi connectivity index (χ2v) is 9.41. The Morgan fingerprint density at radius 1 is 0.778 bits per heavy atom. The lowest BCUT2D eigenvalue weighted by Crippen LogP contribution is -2.44. The predicted molar refractivity (Wildman–Crippen MR) is 110 cm³/mol. The van der Waals surface area contributed by atoms with E-state index in [0.717, 1.165) is 28.9 Å². The highest BCUT2D eigenvalue weighted by atomic mass is 16.1. The third-order valence-electron chi connectivity index (χ3n) is 7.75. The van der Waals surface area contributed by atoms with Crippen molar-refractivity contribution < 1.29 is 0 Å². The fourth-order valence-corrected chi connectivity index (χ4v) is 6.26. The molecule has 2 aromatic rings. The normalized spacial score (nSPS) is 34.4. The first-order valence-electron chi connectivity index (χ1n) is 11.2. The number of hydrogen-bond acceptors (Lipinski definition) is 2. The van der Waals surface area contributed by atoms with Gasteiger partial charge in [0.15, 0.2) is 0 Å². The molecule has 0 bridgehead atoms. The Labute approximate surface area is 161 Å². The third kappa shape index (κ3) is 3.73. The molecule has 1 heterocycles. The Balaban J connectivity index is 1.16. The van der Waals surface area contributed by atoms with Crippen molar-refractivity contribution in [1.82, 2.24) is 15.3 Å². The third-order valence-corrected chi connectivity index (χ3v) is 7.75. The first-order valence-corrected chi connectivity index (χ1v) is 11.2. The van der Waals surface area contributed by atoms with E-state index in [2.05, 4.69) is 33.5 Å². The van der Waals surface area contributed by atoms with E-state index in [0.29, 0.717) is 12.0 Å². The van der Waals surface area contributed by atoms with Crippen LogP contribution in [0.4, 0.5) is 0 Å². The molecule has 0 amide bonds. The summed E-state index contributed by atoms with van der Waals surface area (Å²) >= 11 is 0. The number of hydrogen-bond donors (Lipinski definition) is 3. The molecule has 1 aromatic carbocycles. The number of fused-ring (bicyclic) bond motifs is 2. The highest BCUT2D eigenvalue weighted by Gasteiger charge is 2.33. The molecule has 3 aliphatic rings. The van der Waals surface area contributed by atoms with Crippen molar-refractivity contribution in [2.45, 2.75) is 88.6 Å². The summed E-state index contributed by atoms with van der Waals surface area (Å²) in [6.07, 6.45) is 15.3. The van der Waals surface area contributed by atoms with E-state index < -0.39 is 0 Å². The molecule has 3 atom stereocenters. The summed E-state index contributed by atoms with van der Waals surface area (Å²) in [7, 11) is 0. The average molecular weight is 368 g/mol. The molecule has 5 rings (SSSR count). The zero-order valence-corrected chi connectivity index (χ0v) is 16.3. The Morgan fingerprint density at radius 3 is 2.37 bits per heavy atom. The molecule has 3 fully saturated rings. The van der Waals surface area contributed by atoms with Crippen LogP contribution in [0.5, 0.6) is 0 Å². The van der Waals surface area contributed by atoms with Gasteiger partial charge in [0.1, 0.15) is 0 Å². The van der Waals surface area contributed by atoms with E-state index in [1.807, 2.05) is 0 Å². The summed E-state index contributed by atoms with van der Waals surface area (Å²) in [4.78, 5) is 17.2. The molecule has 4 nitrogen and oxygen atoms in total. The number of nitrogens with one attached hydrogen (secondary N) is 3. The Bertz CT molecular complexity index is 830. The summed E-state index contributed by atoms with van der Waals surface area (Å²) in [6, 6.07) is 7.91. The summed E-state index contributed by atoms with van der Waals surface area (Å²) in [5.41, 5.74) is 3.14. The van der Waals surface area contributed by atoms with Gasteiger partial charge >= 0.3 is 5.69 Å². The molecule has 146 valence electrons. The van der Waals surface area contributed by atoms with Gasteiger partial charge in [-0.3, -0.25) is 0 Å². The zero-order valence-electron chi connectivity index (χ0n) is 16.3. The quantitative estimate of drug-likeness (QED) is 0.727. The zero-order chi connectivity index (χ0) is 18.2. The minimum Gasteiger partial charge on any atom is -0.311 e. The number of imidazole rings is 1. The van der Waals surface area contributed by atoms with Crippen molar-refractivity contribution >= 4 is 11.0 Å². The van der Waals surface area contributed by atoms with Crippen LogP contribution in [-0.4, -0.2) is 22.1 Å². The van der Waals surface area contributed by atoms with Crippen LogP contribution in [0, 0.1) is 11.8 Å². The van der Waals surface area contributed by atoms with E-state index in [1.165, 1.54) is 76.2 Å². The van der Waals surface area contributed by atoms with Crippen molar-refractivity contribution in [2.24, 2.45) is 11.8 Å². The maximum Gasteiger partial charge on any atom is 0.323 e. The summed E-state index contributed by atoms with van der Waals surface area (Å²) in [5.74, 6) is 2.69. The van der Waals surface area contributed by atoms with Crippen molar-refractivity contribution in [2.75, 3.05) is 0 Å². The molecule has 0 radical (unpaired) electrons. The molecule has 27 heavy (non-hydrogen) atoms. The number of H-pyrrole nitrogens is 2. The lowest BCUT2D eigenvalue weighted by atomic mass is 9.69. The van der Waals surface area contributed by atoms with Crippen LogP contribution in [0.3, 0.4) is 0 Å². The smallest absolute Gasteiger partial charge is 0.311 e. The number of aromatic nitrogens is 2. The van der Waals surface area contributed by atoms with Crippen molar-refractivity contribution in [1.29, 1.82) is 0 Å². The second kappa shape index (κ2) is 7.46. The maximum absolute atomic E-state index is 11.5. The minimum absolute atomic E-state index is 0.109. The molecule has 3 unspecified atom stereocenters. The van der Waals surface area contributed by atoms with Crippen LogP contribution in [0.25, 0.3) is 11.0 Å². The highest BCUT2D eigenvalue weighted by molar-refractivity contribution is 5.75. The summed E-state index contributed by atoms with van der Waals surface area (Å²) in [6.45, 7) is 0. The van der Waals surface area contributed by atoms with Gasteiger partial charge in [-0.1, -0.05) is 31.7 Å². The van der Waals surface area contributed by atoms with E-state index >= 15 is 0 Å². The first kappa shape index (κ1) is 17.5. The molecule has 0 spiro atoms. The van der Waals surface area contributed by atoms with E-state index in [1.54, 1.807) is 0 Å². The van der Waals surface area contributed by atoms with Gasteiger partial charge in [-0.25, -0.2) is 4.79 Å². The van der Waals surface area contributed by atoms with Crippen LogP contribution in [0.1, 0.15) is 82.1 Å². The monoisotopic (exact) mass is 367 g/mol.